The summed E-state index contributed by atoms with van der Waals surface area (Å²) in [4.78, 5) is 14.1. The number of halogens is 1. The van der Waals surface area contributed by atoms with Crippen LogP contribution in [-0.4, -0.2) is 30.6 Å². The first-order chi connectivity index (χ1) is 17.8. The summed E-state index contributed by atoms with van der Waals surface area (Å²) >= 11 is 0. The number of nitrogens with zero attached hydrogens (tertiary/aromatic N) is 1. The van der Waals surface area contributed by atoms with Gasteiger partial charge in [-0.3, -0.25) is 4.79 Å². The highest BCUT2D eigenvalue weighted by Gasteiger charge is 2.14. The molecule has 0 fully saturated rings. The molecule has 2 N–H and O–H groups in total. The number of hydrogen-bond donors (Lipinski definition) is 2. The molecule has 3 rings (SSSR count). The van der Waals surface area contributed by atoms with Crippen molar-refractivity contribution in [3.05, 3.63) is 95.3 Å². The van der Waals surface area contributed by atoms with Gasteiger partial charge < -0.3 is 15.3 Å². The van der Waals surface area contributed by atoms with Crippen LogP contribution >= 0.6 is 0 Å². The highest BCUT2D eigenvalue weighted by atomic mass is 19.1. The average Bonchev–Trinajstić information content (AvgIpc) is 2.93. The van der Waals surface area contributed by atoms with Crippen LogP contribution in [-0.2, 0) is 6.42 Å². The third-order valence-corrected chi connectivity index (χ3v) is 5.35. The van der Waals surface area contributed by atoms with Crippen LogP contribution in [0.5, 0.6) is 5.75 Å². The smallest absolute Gasteiger partial charge is 0.258 e. The first-order valence-corrected chi connectivity index (χ1v) is 12.8. The number of terminal acetylenes is 1. The van der Waals surface area contributed by atoms with E-state index in [0.29, 0.717) is 23.7 Å². The number of amides is 1. The Morgan fingerprint density at radius 1 is 0.973 bits per heavy atom. The zero-order valence-corrected chi connectivity index (χ0v) is 23.2. The van der Waals surface area contributed by atoms with Crippen LogP contribution in [0.2, 0.25) is 0 Å². The van der Waals surface area contributed by atoms with Crippen molar-refractivity contribution >= 4 is 11.6 Å². The van der Waals surface area contributed by atoms with Gasteiger partial charge in [0.15, 0.2) is 0 Å². The fourth-order valence-electron chi connectivity index (χ4n) is 3.25. The maximum atomic E-state index is 13.4. The summed E-state index contributed by atoms with van der Waals surface area (Å²) in [5.74, 6) is -0.367. The molecule has 5 heteroatoms. The molecule has 0 saturated heterocycles. The van der Waals surface area contributed by atoms with Crippen LogP contribution in [0.25, 0.3) is 0 Å². The lowest BCUT2D eigenvalue weighted by atomic mass is 10.0. The summed E-state index contributed by atoms with van der Waals surface area (Å²) in [5, 5.41) is 12.9. The van der Waals surface area contributed by atoms with E-state index in [4.69, 9.17) is 0 Å². The van der Waals surface area contributed by atoms with Gasteiger partial charge in [0.1, 0.15) is 11.6 Å². The number of benzene rings is 3. The molecule has 0 aliphatic carbocycles. The van der Waals surface area contributed by atoms with E-state index in [9.17, 15) is 14.3 Å². The molecule has 0 aromatic heterocycles. The Morgan fingerprint density at radius 2 is 1.57 bits per heavy atom. The second kappa shape index (κ2) is 19.6. The van der Waals surface area contributed by atoms with Crippen LogP contribution < -0.4 is 10.2 Å². The van der Waals surface area contributed by atoms with Gasteiger partial charge in [-0.15, -0.1) is 12.8 Å². The quantitative estimate of drug-likeness (QED) is 0.312. The topological polar surface area (TPSA) is 52.6 Å². The average molecular weight is 507 g/mol. The fraction of sp³-hybridized carbons (Fsp3) is 0.344. The third-order valence-electron chi connectivity index (χ3n) is 5.35. The van der Waals surface area contributed by atoms with Crippen LogP contribution in [0.1, 0.15) is 68.9 Å². The van der Waals surface area contributed by atoms with E-state index in [2.05, 4.69) is 38.9 Å². The summed E-state index contributed by atoms with van der Waals surface area (Å²) in [6.07, 6.45) is 11.1. The Morgan fingerprint density at radius 3 is 2.14 bits per heavy atom. The van der Waals surface area contributed by atoms with Gasteiger partial charge in [-0.05, 0) is 86.3 Å². The van der Waals surface area contributed by atoms with E-state index in [1.165, 1.54) is 29.9 Å². The number of phenolic OH excluding ortho intramolecular Hbond substituents is 1. The minimum absolute atomic E-state index is 0.205. The normalized spacial score (nSPS) is 10.3. The van der Waals surface area contributed by atoms with Crippen LogP contribution in [0.3, 0.4) is 0 Å². The summed E-state index contributed by atoms with van der Waals surface area (Å²) in [6, 6.07) is 21.0. The van der Waals surface area contributed by atoms with Crippen molar-refractivity contribution in [1.29, 1.82) is 0 Å². The van der Waals surface area contributed by atoms with Crippen LogP contribution in [0.4, 0.5) is 10.1 Å². The summed E-state index contributed by atoms with van der Waals surface area (Å²) < 4.78 is 13.4. The molecule has 0 bridgehead atoms. The van der Waals surface area contributed by atoms with Crippen molar-refractivity contribution in [2.75, 3.05) is 18.5 Å². The lowest BCUT2D eigenvalue weighted by Gasteiger charge is -2.18. The molecule has 0 aliphatic rings. The number of nitrogens with one attached hydrogen (secondary N) is 1. The van der Waals surface area contributed by atoms with Gasteiger partial charge in [0.25, 0.3) is 5.91 Å². The molecule has 0 saturated carbocycles. The zero-order valence-electron chi connectivity index (χ0n) is 23.2. The molecule has 0 spiro atoms. The van der Waals surface area contributed by atoms with Gasteiger partial charge in [-0.25, -0.2) is 4.39 Å². The molecule has 1 atom stereocenters. The zero-order chi connectivity index (χ0) is 28.2. The molecule has 3 aromatic rings. The second-order valence-electron chi connectivity index (χ2n) is 8.15. The predicted octanol–water partition coefficient (Wildman–Crippen LogP) is 7.46. The number of hydrogen-bond acceptors (Lipinski definition) is 3. The first-order valence-electron chi connectivity index (χ1n) is 12.8. The summed E-state index contributed by atoms with van der Waals surface area (Å²) in [6.45, 7) is 11.8. The monoisotopic (exact) mass is 506 g/mol. The van der Waals surface area contributed by atoms with Crippen LogP contribution in [0, 0.1) is 18.7 Å². The molecule has 4 nitrogen and oxygen atoms in total. The lowest BCUT2D eigenvalue weighted by molar-refractivity contribution is 0.0993. The highest BCUT2D eigenvalue weighted by Crippen LogP contribution is 2.19. The lowest BCUT2D eigenvalue weighted by Crippen LogP contribution is -2.26. The third kappa shape index (κ3) is 12.8. The number of carbonyl (C=O) groups excluding carboxylic acids is 1. The largest absolute Gasteiger partial charge is 0.508 e. The number of rotatable bonds is 8. The number of aromatic hydroxyl groups is 1. The molecule has 1 amide bonds. The van der Waals surface area contributed by atoms with E-state index in [0.717, 1.165) is 17.7 Å². The van der Waals surface area contributed by atoms with E-state index >= 15 is 0 Å². The highest BCUT2D eigenvalue weighted by molar-refractivity contribution is 6.05. The summed E-state index contributed by atoms with van der Waals surface area (Å²) in [5.41, 5.74) is 2.96. The fourth-order valence-corrected chi connectivity index (χ4v) is 3.25. The van der Waals surface area contributed by atoms with Gasteiger partial charge >= 0.3 is 0 Å². The minimum atomic E-state index is -0.380. The molecule has 0 aliphatic heterocycles. The Balaban J connectivity index is 0.000000917. The van der Waals surface area contributed by atoms with Crippen molar-refractivity contribution < 1.29 is 14.3 Å². The standard InChI is InChI=1S/C21H18FNO2.C7H17N.C2H6.C2H2/c1-23(19-9-4-8-18(22)14-19)21(25)17-7-2-5-15(12-17)11-16-6-3-10-20(24)13-16;1-4-6-8-7(3)5-2;2*1-2/h2-10,12-14,24H,11H2,1H3;7-8H,4-6H2,1-3H3;1-2H3;1-2H/t;7-;;/m.0../s1. The summed E-state index contributed by atoms with van der Waals surface area (Å²) in [7, 11) is 1.62. The number of carbonyl (C=O) groups is 1. The second-order valence-corrected chi connectivity index (χ2v) is 8.15. The molecule has 37 heavy (non-hydrogen) atoms. The first kappa shape index (κ1) is 33.4. The van der Waals surface area contributed by atoms with Crippen molar-refractivity contribution in [1.82, 2.24) is 5.32 Å². The molecule has 200 valence electrons. The van der Waals surface area contributed by atoms with E-state index in [1.807, 2.05) is 38.1 Å². The SMILES string of the molecule is C#C.CC.CCCN[C@@H](C)CC.CN(C(=O)c1cccc(Cc2cccc(O)c2)c1)c1cccc(F)c1. The van der Waals surface area contributed by atoms with Crippen molar-refractivity contribution in [3.63, 3.8) is 0 Å². The van der Waals surface area contributed by atoms with E-state index < -0.39 is 0 Å². The predicted molar refractivity (Wildman–Crippen MR) is 156 cm³/mol. The van der Waals surface area contributed by atoms with Crippen molar-refractivity contribution in [2.45, 2.75) is 59.9 Å². The Bertz CT molecular complexity index is 1070. The van der Waals surface area contributed by atoms with Crippen molar-refractivity contribution in [3.8, 4) is 18.6 Å². The van der Waals surface area contributed by atoms with Crippen LogP contribution in [0.15, 0.2) is 72.8 Å². The van der Waals surface area contributed by atoms with Gasteiger partial charge in [0.2, 0.25) is 0 Å². The number of anilines is 1. The Hall–Kier alpha value is -3.62. The Labute approximate surface area is 223 Å². The molecular weight excluding hydrogens is 463 g/mol. The van der Waals surface area contributed by atoms with Crippen molar-refractivity contribution in [2.24, 2.45) is 0 Å². The molecular formula is C32H43FN2O2. The molecule has 0 heterocycles. The van der Waals surface area contributed by atoms with E-state index in [-0.39, 0.29) is 17.5 Å². The van der Waals surface area contributed by atoms with E-state index in [1.54, 1.807) is 43.4 Å². The molecule has 0 unspecified atom stereocenters. The maximum Gasteiger partial charge on any atom is 0.258 e. The molecule has 0 radical (unpaired) electrons. The van der Waals surface area contributed by atoms with Gasteiger partial charge in [0, 0.05) is 24.3 Å². The maximum absolute atomic E-state index is 13.4. The Kier molecular flexibility index (Phi) is 17.6. The number of phenols is 1. The molecule has 3 aromatic carbocycles. The van der Waals surface area contributed by atoms with Gasteiger partial charge in [-0.1, -0.05) is 58.0 Å². The van der Waals surface area contributed by atoms with Gasteiger partial charge in [-0.2, -0.15) is 0 Å². The minimum Gasteiger partial charge on any atom is -0.508 e. The van der Waals surface area contributed by atoms with Gasteiger partial charge in [0.05, 0.1) is 0 Å².